The molecule has 0 radical (unpaired) electrons. The Hall–Kier alpha value is -1.80. The van der Waals surface area contributed by atoms with Crippen molar-refractivity contribution < 1.29 is 4.79 Å². The predicted octanol–water partition coefficient (Wildman–Crippen LogP) is 1.78. The first kappa shape index (κ1) is 15.6. The SMILES string of the molecule is CSc1ccc(C=NNC(=O)CSc2nncn2C)cc1. The summed E-state index contributed by atoms with van der Waals surface area (Å²) in [6.45, 7) is 0. The lowest BCUT2D eigenvalue weighted by molar-refractivity contribution is -0.118. The average molecular weight is 321 g/mol. The third kappa shape index (κ3) is 4.91. The number of aromatic nitrogens is 3. The Balaban J connectivity index is 1.77. The van der Waals surface area contributed by atoms with Crippen LogP contribution in [0, 0.1) is 0 Å². The molecule has 0 spiro atoms. The van der Waals surface area contributed by atoms with Crippen molar-refractivity contribution in [1.82, 2.24) is 20.2 Å². The summed E-state index contributed by atoms with van der Waals surface area (Å²) >= 11 is 3.00. The number of carbonyl (C=O) groups is 1. The first-order chi connectivity index (χ1) is 10.2. The maximum atomic E-state index is 11.6. The lowest BCUT2D eigenvalue weighted by atomic mass is 10.2. The standard InChI is InChI=1S/C13H15N5OS2/c1-18-9-15-17-13(18)21-8-12(19)16-14-7-10-3-5-11(20-2)6-4-10/h3-7,9H,8H2,1-2H3,(H,16,19). The molecule has 0 bridgehead atoms. The van der Waals surface area contributed by atoms with Crippen LogP contribution >= 0.6 is 23.5 Å². The number of nitrogens with one attached hydrogen (secondary N) is 1. The van der Waals surface area contributed by atoms with E-state index in [0.717, 1.165) is 5.56 Å². The summed E-state index contributed by atoms with van der Waals surface area (Å²) in [7, 11) is 1.83. The van der Waals surface area contributed by atoms with Crippen molar-refractivity contribution in [3.05, 3.63) is 36.2 Å². The number of amides is 1. The van der Waals surface area contributed by atoms with Gasteiger partial charge in [-0.05, 0) is 24.0 Å². The minimum absolute atomic E-state index is 0.181. The Morgan fingerprint density at radius 1 is 1.43 bits per heavy atom. The Morgan fingerprint density at radius 2 is 2.19 bits per heavy atom. The molecule has 8 heteroatoms. The van der Waals surface area contributed by atoms with Crippen molar-refractivity contribution in [2.75, 3.05) is 12.0 Å². The summed E-state index contributed by atoms with van der Waals surface area (Å²) in [6, 6.07) is 7.93. The number of thioether (sulfide) groups is 2. The van der Waals surface area contributed by atoms with Gasteiger partial charge in [0.25, 0.3) is 5.91 Å². The van der Waals surface area contributed by atoms with Crippen LogP contribution in [-0.4, -0.2) is 38.9 Å². The highest BCUT2D eigenvalue weighted by molar-refractivity contribution is 7.99. The van der Waals surface area contributed by atoms with Gasteiger partial charge in [-0.2, -0.15) is 5.10 Å². The molecule has 6 nitrogen and oxygen atoms in total. The van der Waals surface area contributed by atoms with Crippen molar-refractivity contribution in [2.24, 2.45) is 12.1 Å². The van der Waals surface area contributed by atoms with Crippen LogP contribution in [0.2, 0.25) is 0 Å². The van der Waals surface area contributed by atoms with Crippen molar-refractivity contribution in [3.63, 3.8) is 0 Å². The van der Waals surface area contributed by atoms with Gasteiger partial charge in [0.1, 0.15) is 6.33 Å². The van der Waals surface area contributed by atoms with Crippen molar-refractivity contribution in [3.8, 4) is 0 Å². The first-order valence-electron chi connectivity index (χ1n) is 6.12. The van der Waals surface area contributed by atoms with Crippen LogP contribution in [0.1, 0.15) is 5.56 Å². The van der Waals surface area contributed by atoms with Crippen LogP contribution in [0.25, 0.3) is 0 Å². The molecule has 0 atom stereocenters. The molecule has 0 fully saturated rings. The second-order valence-electron chi connectivity index (χ2n) is 4.08. The van der Waals surface area contributed by atoms with E-state index in [1.165, 1.54) is 16.7 Å². The van der Waals surface area contributed by atoms with Gasteiger partial charge in [-0.3, -0.25) is 4.79 Å². The second-order valence-corrected chi connectivity index (χ2v) is 5.90. The molecule has 1 heterocycles. The van der Waals surface area contributed by atoms with Gasteiger partial charge in [-0.1, -0.05) is 23.9 Å². The van der Waals surface area contributed by atoms with Crippen LogP contribution in [0.15, 0.2) is 45.7 Å². The van der Waals surface area contributed by atoms with E-state index in [4.69, 9.17) is 0 Å². The predicted molar refractivity (Wildman–Crippen MR) is 85.7 cm³/mol. The zero-order chi connectivity index (χ0) is 15.1. The quantitative estimate of drug-likeness (QED) is 0.499. The highest BCUT2D eigenvalue weighted by atomic mass is 32.2. The summed E-state index contributed by atoms with van der Waals surface area (Å²) in [5.74, 6) is 0.0648. The molecular formula is C13H15N5OS2. The van der Waals surface area contributed by atoms with Gasteiger partial charge in [0.15, 0.2) is 5.16 Å². The number of hydrazone groups is 1. The topological polar surface area (TPSA) is 72.2 Å². The molecule has 0 aliphatic rings. The van der Waals surface area contributed by atoms with Gasteiger partial charge < -0.3 is 4.57 Å². The Morgan fingerprint density at radius 3 is 2.81 bits per heavy atom. The lowest BCUT2D eigenvalue weighted by Gasteiger charge is -2.00. The molecule has 2 rings (SSSR count). The molecule has 0 saturated heterocycles. The van der Waals surface area contributed by atoms with Crippen molar-refractivity contribution in [2.45, 2.75) is 10.1 Å². The highest BCUT2D eigenvalue weighted by Crippen LogP contribution is 2.14. The number of nitrogens with zero attached hydrogens (tertiary/aromatic N) is 4. The summed E-state index contributed by atoms with van der Waals surface area (Å²) in [4.78, 5) is 12.8. The second kappa shape index (κ2) is 7.84. The van der Waals surface area contributed by atoms with Crippen LogP contribution in [0.4, 0.5) is 0 Å². The van der Waals surface area contributed by atoms with Crippen molar-refractivity contribution >= 4 is 35.6 Å². The smallest absolute Gasteiger partial charge is 0.250 e. The lowest BCUT2D eigenvalue weighted by Crippen LogP contribution is -2.19. The monoisotopic (exact) mass is 321 g/mol. The molecule has 1 N–H and O–H groups in total. The molecule has 110 valence electrons. The molecule has 0 aliphatic heterocycles. The highest BCUT2D eigenvalue weighted by Gasteiger charge is 2.05. The molecule has 1 aromatic heterocycles. The van der Waals surface area contributed by atoms with Crippen LogP contribution < -0.4 is 5.43 Å². The molecule has 0 saturated carbocycles. The van der Waals surface area contributed by atoms with E-state index in [1.807, 2.05) is 37.6 Å². The first-order valence-corrected chi connectivity index (χ1v) is 8.33. The Bertz CT molecular complexity index is 624. The van der Waals surface area contributed by atoms with E-state index in [-0.39, 0.29) is 11.7 Å². The summed E-state index contributed by atoms with van der Waals surface area (Å²) < 4.78 is 1.76. The van der Waals surface area contributed by atoms with Gasteiger partial charge in [0, 0.05) is 11.9 Å². The molecule has 0 aliphatic carbocycles. The van der Waals surface area contributed by atoms with Gasteiger partial charge >= 0.3 is 0 Å². The fourth-order valence-corrected chi connectivity index (χ4v) is 2.52. The van der Waals surface area contributed by atoms with Gasteiger partial charge in [0.05, 0.1) is 12.0 Å². The van der Waals surface area contributed by atoms with Crippen molar-refractivity contribution in [1.29, 1.82) is 0 Å². The third-order valence-corrected chi connectivity index (χ3v) is 4.30. The van der Waals surface area contributed by atoms with E-state index in [0.29, 0.717) is 5.16 Å². The van der Waals surface area contributed by atoms with Gasteiger partial charge in [0.2, 0.25) is 0 Å². The van der Waals surface area contributed by atoms with E-state index < -0.39 is 0 Å². The average Bonchev–Trinajstić information content (AvgIpc) is 2.91. The van der Waals surface area contributed by atoms with E-state index in [9.17, 15) is 4.79 Å². The zero-order valence-electron chi connectivity index (χ0n) is 11.7. The molecule has 21 heavy (non-hydrogen) atoms. The zero-order valence-corrected chi connectivity index (χ0v) is 13.3. The summed E-state index contributed by atoms with van der Waals surface area (Å²) in [5, 5.41) is 12.3. The number of carbonyl (C=O) groups excluding carboxylic acids is 1. The number of hydrogen-bond acceptors (Lipinski definition) is 6. The number of rotatable bonds is 6. The number of aryl methyl sites for hydroxylation is 1. The largest absolute Gasteiger partial charge is 0.312 e. The minimum Gasteiger partial charge on any atom is -0.312 e. The minimum atomic E-state index is -0.181. The van der Waals surface area contributed by atoms with Crippen LogP contribution in [-0.2, 0) is 11.8 Å². The normalized spacial score (nSPS) is 11.0. The van der Waals surface area contributed by atoms with Gasteiger partial charge in [-0.25, -0.2) is 5.43 Å². The Labute approximate surface area is 131 Å². The van der Waals surface area contributed by atoms with E-state index >= 15 is 0 Å². The number of benzene rings is 1. The van der Waals surface area contributed by atoms with Crippen LogP contribution in [0.3, 0.4) is 0 Å². The molecule has 1 aromatic carbocycles. The van der Waals surface area contributed by atoms with E-state index in [1.54, 1.807) is 28.9 Å². The maximum absolute atomic E-state index is 11.6. The van der Waals surface area contributed by atoms with Gasteiger partial charge in [-0.15, -0.1) is 22.0 Å². The maximum Gasteiger partial charge on any atom is 0.250 e. The molecule has 1 amide bonds. The summed E-state index contributed by atoms with van der Waals surface area (Å²) in [5.41, 5.74) is 3.43. The fraction of sp³-hybridized carbons (Fsp3) is 0.231. The van der Waals surface area contributed by atoms with E-state index in [2.05, 4.69) is 20.7 Å². The third-order valence-electron chi connectivity index (χ3n) is 2.52. The molecule has 0 unspecified atom stereocenters. The molecular weight excluding hydrogens is 306 g/mol. The fourth-order valence-electron chi connectivity index (χ4n) is 1.43. The number of hydrogen-bond donors (Lipinski definition) is 1. The molecule has 2 aromatic rings. The van der Waals surface area contributed by atoms with Crippen LogP contribution in [0.5, 0.6) is 0 Å². The summed E-state index contributed by atoms with van der Waals surface area (Å²) in [6.07, 6.45) is 5.24. The Kier molecular flexibility index (Phi) is 5.82.